The average Bonchev–Trinajstić information content (AvgIpc) is 2.89. The Morgan fingerprint density at radius 3 is 2.64 bits per heavy atom. The number of halogens is 1. The van der Waals surface area contributed by atoms with Gasteiger partial charge in [-0.15, -0.1) is 0 Å². The molecule has 0 heterocycles. The van der Waals surface area contributed by atoms with E-state index < -0.39 is 0 Å². The molecule has 3 heteroatoms. The lowest BCUT2D eigenvalue weighted by molar-refractivity contribution is -0.131. The van der Waals surface area contributed by atoms with Crippen molar-refractivity contribution in [2.75, 3.05) is 0 Å². The summed E-state index contributed by atoms with van der Waals surface area (Å²) >= 11 is 6.31. The van der Waals surface area contributed by atoms with Gasteiger partial charge < -0.3 is 4.74 Å². The standard InChI is InChI=1S/C22H19ClO2/c1-3-6-18-15-7-4-5-8-16(15)20-12-21(25-13(2)24)17-10-9-14(23)11-19(17)22(18)20/h4-5,7-12,18H,3,6H2,1-2H3. The number of carbonyl (C=O) groups is 1. The van der Waals surface area contributed by atoms with Crippen molar-refractivity contribution in [3.05, 3.63) is 64.7 Å². The number of fused-ring (bicyclic) bond motifs is 5. The highest BCUT2D eigenvalue weighted by Gasteiger charge is 2.31. The fourth-order valence-electron chi connectivity index (χ4n) is 4.01. The predicted molar refractivity (Wildman–Crippen MR) is 102 cm³/mol. The van der Waals surface area contributed by atoms with E-state index in [2.05, 4.69) is 31.2 Å². The van der Waals surface area contributed by atoms with Crippen LogP contribution in [0.1, 0.15) is 43.7 Å². The normalized spacial score (nSPS) is 15.1. The van der Waals surface area contributed by atoms with Gasteiger partial charge in [0.25, 0.3) is 0 Å². The summed E-state index contributed by atoms with van der Waals surface area (Å²) in [5, 5.41) is 2.71. The molecule has 0 fully saturated rings. The fraction of sp³-hybridized carbons (Fsp3) is 0.227. The van der Waals surface area contributed by atoms with Crippen LogP contribution in [-0.4, -0.2) is 5.97 Å². The molecule has 0 aliphatic heterocycles. The first kappa shape index (κ1) is 16.2. The molecule has 4 rings (SSSR count). The molecule has 0 N–H and O–H groups in total. The monoisotopic (exact) mass is 350 g/mol. The van der Waals surface area contributed by atoms with Gasteiger partial charge in [0.05, 0.1) is 0 Å². The van der Waals surface area contributed by atoms with Crippen molar-refractivity contribution in [1.82, 2.24) is 0 Å². The average molecular weight is 351 g/mol. The van der Waals surface area contributed by atoms with Gasteiger partial charge in [-0.05, 0) is 58.3 Å². The van der Waals surface area contributed by atoms with E-state index in [0.29, 0.717) is 16.7 Å². The van der Waals surface area contributed by atoms with Gasteiger partial charge in [-0.3, -0.25) is 4.79 Å². The number of ether oxygens (including phenoxy) is 1. The molecule has 3 aromatic carbocycles. The van der Waals surface area contributed by atoms with Crippen LogP contribution in [0.3, 0.4) is 0 Å². The molecule has 0 radical (unpaired) electrons. The van der Waals surface area contributed by atoms with E-state index in [0.717, 1.165) is 29.2 Å². The van der Waals surface area contributed by atoms with Crippen molar-refractivity contribution in [2.24, 2.45) is 0 Å². The lowest BCUT2D eigenvalue weighted by atomic mass is 9.89. The maximum Gasteiger partial charge on any atom is 0.308 e. The Kier molecular flexibility index (Phi) is 4.01. The predicted octanol–water partition coefficient (Wildman–Crippen LogP) is 6.33. The zero-order valence-corrected chi connectivity index (χ0v) is 15.1. The minimum Gasteiger partial charge on any atom is -0.426 e. The molecule has 0 aromatic heterocycles. The Bertz CT molecular complexity index is 991. The Labute approximate surface area is 152 Å². The van der Waals surface area contributed by atoms with E-state index >= 15 is 0 Å². The molecular weight excluding hydrogens is 332 g/mol. The van der Waals surface area contributed by atoms with Gasteiger partial charge in [-0.1, -0.05) is 49.2 Å². The first-order valence-corrected chi connectivity index (χ1v) is 9.01. The molecule has 2 nitrogen and oxygen atoms in total. The van der Waals surface area contributed by atoms with E-state index in [1.807, 2.05) is 24.3 Å². The van der Waals surface area contributed by atoms with Crippen LogP contribution < -0.4 is 4.74 Å². The molecule has 1 atom stereocenters. The molecular formula is C22H19ClO2. The van der Waals surface area contributed by atoms with Gasteiger partial charge in [-0.2, -0.15) is 0 Å². The summed E-state index contributed by atoms with van der Waals surface area (Å²) in [6.07, 6.45) is 2.19. The molecule has 1 unspecified atom stereocenters. The third kappa shape index (κ3) is 2.61. The summed E-state index contributed by atoms with van der Waals surface area (Å²) in [5.74, 6) is 0.640. The lowest BCUT2D eigenvalue weighted by Gasteiger charge is -2.17. The smallest absolute Gasteiger partial charge is 0.308 e. The van der Waals surface area contributed by atoms with Crippen LogP contribution in [0, 0.1) is 0 Å². The fourth-order valence-corrected chi connectivity index (χ4v) is 4.19. The Balaban J connectivity index is 2.08. The molecule has 3 aromatic rings. The zero-order chi connectivity index (χ0) is 17.6. The topological polar surface area (TPSA) is 26.3 Å². The van der Waals surface area contributed by atoms with Crippen LogP contribution in [0.25, 0.3) is 21.9 Å². The Morgan fingerprint density at radius 2 is 1.88 bits per heavy atom. The second kappa shape index (κ2) is 6.20. The van der Waals surface area contributed by atoms with Crippen molar-refractivity contribution >= 4 is 28.3 Å². The zero-order valence-electron chi connectivity index (χ0n) is 14.3. The largest absolute Gasteiger partial charge is 0.426 e. The minimum atomic E-state index is -0.312. The van der Waals surface area contributed by atoms with Crippen LogP contribution in [0.4, 0.5) is 0 Å². The van der Waals surface area contributed by atoms with Crippen molar-refractivity contribution < 1.29 is 9.53 Å². The van der Waals surface area contributed by atoms with Gasteiger partial charge in [0.15, 0.2) is 0 Å². The molecule has 0 bridgehead atoms. The number of rotatable bonds is 3. The molecule has 126 valence electrons. The third-order valence-electron chi connectivity index (χ3n) is 4.91. The number of benzene rings is 3. The minimum absolute atomic E-state index is 0.312. The summed E-state index contributed by atoms with van der Waals surface area (Å²) < 4.78 is 5.52. The lowest BCUT2D eigenvalue weighted by Crippen LogP contribution is -2.03. The molecule has 25 heavy (non-hydrogen) atoms. The van der Waals surface area contributed by atoms with E-state index in [-0.39, 0.29) is 5.97 Å². The maximum absolute atomic E-state index is 11.6. The summed E-state index contributed by atoms with van der Waals surface area (Å²) in [5.41, 5.74) is 5.03. The van der Waals surface area contributed by atoms with E-state index in [1.165, 1.54) is 23.6 Å². The van der Waals surface area contributed by atoms with Crippen LogP contribution >= 0.6 is 11.6 Å². The van der Waals surface area contributed by atoms with E-state index in [9.17, 15) is 4.79 Å². The van der Waals surface area contributed by atoms with Crippen LogP contribution in [-0.2, 0) is 4.79 Å². The summed E-state index contributed by atoms with van der Waals surface area (Å²) in [7, 11) is 0. The van der Waals surface area contributed by atoms with Gasteiger partial charge in [0, 0.05) is 23.3 Å². The molecule has 0 amide bonds. The van der Waals surface area contributed by atoms with Crippen molar-refractivity contribution in [2.45, 2.75) is 32.6 Å². The highest BCUT2D eigenvalue weighted by atomic mass is 35.5. The molecule has 0 saturated heterocycles. The van der Waals surface area contributed by atoms with Gasteiger partial charge in [0.1, 0.15) is 5.75 Å². The molecule has 1 aliphatic carbocycles. The number of hydrogen-bond donors (Lipinski definition) is 0. The van der Waals surface area contributed by atoms with Crippen molar-refractivity contribution in [1.29, 1.82) is 0 Å². The van der Waals surface area contributed by atoms with Crippen LogP contribution in [0.15, 0.2) is 48.5 Å². The van der Waals surface area contributed by atoms with E-state index in [4.69, 9.17) is 16.3 Å². The molecule has 1 aliphatic rings. The van der Waals surface area contributed by atoms with Gasteiger partial charge in [0.2, 0.25) is 0 Å². The second-order valence-electron chi connectivity index (χ2n) is 6.55. The Hall–Kier alpha value is -2.32. The highest BCUT2D eigenvalue weighted by molar-refractivity contribution is 6.31. The van der Waals surface area contributed by atoms with Crippen molar-refractivity contribution in [3.63, 3.8) is 0 Å². The van der Waals surface area contributed by atoms with Crippen molar-refractivity contribution in [3.8, 4) is 16.9 Å². The van der Waals surface area contributed by atoms with Crippen LogP contribution in [0.5, 0.6) is 5.75 Å². The molecule has 0 saturated carbocycles. The van der Waals surface area contributed by atoms with Gasteiger partial charge >= 0.3 is 5.97 Å². The molecule has 0 spiro atoms. The quantitative estimate of drug-likeness (QED) is 0.407. The maximum atomic E-state index is 11.6. The summed E-state index contributed by atoms with van der Waals surface area (Å²) in [4.78, 5) is 11.6. The Morgan fingerprint density at radius 1 is 1.08 bits per heavy atom. The first-order chi connectivity index (χ1) is 12.1. The highest BCUT2D eigenvalue weighted by Crippen LogP contribution is 2.52. The van der Waals surface area contributed by atoms with Gasteiger partial charge in [-0.25, -0.2) is 0 Å². The number of esters is 1. The summed E-state index contributed by atoms with van der Waals surface area (Å²) in [6.45, 7) is 3.64. The summed E-state index contributed by atoms with van der Waals surface area (Å²) in [6, 6.07) is 16.3. The second-order valence-corrected chi connectivity index (χ2v) is 6.98. The number of carbonyl (C=O) groups excluding carboxylic acids is 1. The number of hydrogen-bond acceptors (Lipinski definition) is 2. The third-order valence-corrected chi connectivity index (χ3v) is 5.14. The SMILES string of the molecule is CCCC1c2ccccc2-c2cc(OC(C)=O)c3ccc(Cl)cc3c21. The van der Waals surface area contributed by atoms with E-state index in [1.54, 1.807) is 0 Å². The first-order valence-electron chi connectivity index (χ1n) is 8.64. The van der Waals surface area contributed by atoms with Crippen LogP contribution in [0.2, 0.25) is 5.02 Å².